The number of ether oxygens (including phenoxy) is 1. The van der Waals surface area contributed by atoms with Crippen LogP contribution < -0.4 is 0 Å². The molecule has 0 aromatic heterocycles. The van der Waals surface area contributed by atoms with Crippen molar-refractivity contribution in [2.45, 2.75) is 104 Å². The van der Waals surface area contributed by atoms with Crippen LogP contribution in [0.4, 0.5) is 0 Å². The molecular weight excluding hydrogens is 358 g/mol. The van der Waals surface area contributed by atoms with Crippen molar-refractivity contribution in [3.05, 3.63) is 0 Å². The van der Waals surface area contributed by atoms with Gasteiger partial charge < -0.3 is 14.5 Å². The maximum atomic E-state index is 10.7. The zero-order chi connectivity index (χ0) is 17.8. The van der Waals surface area contributed by atoms with Crippen molar-refractivity contribution in [3.8, 4) is 0 Å². The summed E-state index contributed by atoms with van der Waals surface area (Å²) in [5, 5.41) is 0. The van der Waals surface area contributed by atoms with Crippen molar-refractivity contribution >= 4 is 59.2 Å². The minimum absolute atomic E-state index is 0. The molecule has 0 bridgehead atoms. The van der Waals surface area contributed by atoms with Gasteiger partial charge in [-0.15, -0.1) is 4.67 Å². The van der Waals surface area contributed by atoms with E-state index in [-0.39, 0.29) is 51.4 Å². The van der Waals surface area contributed by atoms with Gasteiger partial charge in [-0.1, -0.05) is 58.3 Å². The van der Waals surface area contributed by atoms with Gasteiger partial charge >= 0.3 is 59.2 Å². The van der Waals surface area contributed by atoms with Crippen molar-refractivity contribution in [3.63, 3.8) is 0 Å². The van der Waals surface area contributed by atoms with E-state index < -0.39 is 19.7 Å². The van der Waals surface area contributed by atoms with Gasteiger partial charge in [0.25, 0.3) is 0 Å². The van der Waals surface area contributed by atoms with Gasteiger partial charge in [0, 0.05) is 6.42 Å². The molecule has 2 N–H and O–H groups in total. The summed E-state index contributed by atoms with van der Waals surface area (Å²) in [6, 6.07) is 0. The van der Waals surface area contributed by atoms with E-state index >= 15 is 0 Å². The molecular formula is C16H36KO6P. The third-order valence-electron chi connectivity index (χ3n) is 3.28. The summed E-state index contributed by atoms with van der Waals surface area (Å²) in [5.74, 6) is 0. The van der Waals surface area contributed by atoms with Crippen LogP contribution in [0.25, 0.3) is 0 Å². The summed E-state index contributed by atoms with van der Waals surface area (Å²) in [4.78, 5) is 22.2. The first-order chi connectivity index (χ1) is 10.6. The molecule has 0 aliphatic carbocycles. The third kappa shape index (κ3) is 21.7. The standard InChI is InChI=1S/C16H35O6P.K.H/c1-5-6-7-8-9-10-11-12-13-14-15(20-16(2,3)4)21-22-23(17,18)19;;/h15H,5-14H2,1-4H3,(H2,17,18,19);;. The molecule has 1 unspecified atom stereocenters. The molecule has 0 aromatic carbocycles. The van der Waals surface area contributed by atoms with Crippen LogP contribution in [0.3, 0.4) is 0 Å². The molecule has 0 heterocycles. The van der Waals surface area contributed by atoms with Crippen LogP contribution >= 0.6 is 7.82 Å². The van der Waals surface area contributed by atoms with E-state index in [1.54, 1.807) is 0 Å². The topological polar surface area (TPSA) is 85.2 Å². The van der Waals surface area contributed by atoms with Gasteiger partial charge in [-0.25, -0.2) is 4.57 Å². The summed E-state index contributed by atoms with van der Waals surface area (Å²) in [5.41, 5.74) is -0.470. The first-order valence-corrected chi connectivity index (χ1v) is 10.3. The van der Waals surface area contributed by atoms with E-state index in [0.717, 1.165) is 19.3 Å². The average molecular weight is 395 g/mol. The molecule has 24 heavy (non-hydrogen) atoms. The zero-order valence-electron chi connectivity index (χ0n) is 15.1. The quantitative estimate of drug-likeness (QED) is 0.113. The van der Waals surface area contributed by atoms with E-state index in [4.69, 9.17) is 19.4 Å². The SMILES string of the molecule is CCCCCCCCCCCC(OOP(=O)(O)O)OC(C)(C)C.[KH]. The molecule has 6 nitrogen and oxygen atoms in total. The number of rotatable bonds is 14. The monoisotopic (exact) mass is 394 g/mol. The van der Waals surface area contributed by atoms with Crippen LogP contribution in [0.15, 0.2) is 0 Å². The van der Waals surface area contributed by atoms with Gasteiger partial charge in [-0.3, -0.25) is 0 Å². The summed E-state index contributed by atoms with van der Waals surface area (Å²) in [6.07, 6.45) is 10.6. The molecule has 8 heteroatoms. The van der Waals surface area contributed by atoms with Gasteiger partial charge in [0.05, 0.1) is 5.60 Å². The molecule has 0 amide bonds. The molecule has 0 spiro atoms. The van der Waals surface area contributed by atoms with Crippen LogP contribution in [0.1, 0.15) is 91.9 Å². The third-order valence-corrected chi connectivity index (χ3v) is 3.56. The van der Waals surface area contributed by atoms with Gasteiger partial charge in [0.1, 0.15) is 0 Å². The Bertz CT molecular complexity index is 329. The summed E-state index contributed by atoms with van der Waals surface area (Å²) in [7, 11) is -4.65. The zero-order valence-corrected chi connectivity index (χ0v) is 16.0. The first kappa shape index (κ1) is 27.9. The Morgan fingerprint density at radius 3 is 1.79 bits per heavy atom. The van der Waals surface area contributed by atoms with Crippen LogP contribution in [-0.4, -0.2) is 73.1 Å². The Hall–Kier alpha value is 1.67. The fourth-order valence-electron chi connectivity index (χ4n) is 2.25. The Kier molecular flexibility index (Phi) is 18.2. The van der Waals surface area contributed by atoms with E-state index in [0.29, 0.717) is 6.42 Å². The van der Waals surface area contributed by atoms with E-state index in [1.807, 2.05) is 20.8 Å². The van der Waals surface area contributed by atoms with Gasteiger partial charge in [0.15, 0.2) is 6.29 Å². The number of unbranched alkanes of at least 4 members (excludes halogenated alkanes) is 8. The van der Waals surface area contributed by atoms with Crippen molar-refractivity contribution in [2.24, 2.45) is 0 Å². The van der Waals surface area contributed by atoms with Crippen LogP contribution in [-0.2, 0) is 18.9 Å². The second kappa shape index (κ2) is 15.7. The average Bonchev–Trinajstić information content (AvgIpc) is 2.40. The molecule has 0 aliphatic heterocycles. The Morgan fingerprint density at radius 2 is 1.38 bits per heavy atom. The Labute approximate surface area is 190 Å². The maximum absolute atomic E-state index is 10.7. The second-order valence-corrected chi connectivity index (χ2v) is 8.07. The number of phosphoric acid groups is 1. The molecule has 142 valence electrons. The predicted molar refractivity (Wildman–Crippen MR) is 97.8 cm³/mol. The molecule has 1 atom stereocenters. The van der Waals surface area contributed by atoms with Crippen LogP contribution in [0.5, 0.6) is 0 Å². The summed E-state index contributed by atoms with van der Waals surface area (Å²) < 4.78 is 20.4. The predicted octanol–water partition coefficient (Wildman–Crippen LogP) is 4.44. The summed E-state index contributed by atoms with van der Waals surface area (Å²) in [6.45, 7) is 7.79. The molecule has 0 rings (SSSR count). The first-order valence-electron chi connectivity index (χ1n) is 8.72. The normalized spacial score (nSPS) is 13.6. The van der Waals surface area contributed by atoms with Gasteiger partial charge in [0.2, 0.25) is 0 Å². The molecule has 0 aliphatic rings. The van der Waals surface area contributed by atoms with E-state index in [1.165, 1.54) is 38.5 Å². The molecule has 0 saturated carbocycles. The number of hydrogen-bond donors (Lipinski definition) is 2. The van der Waals surface area contributed by atoms with Crippen molar-refractivity contribution in [1.82, 2.24) is 0 Å². The van der Waals surface area contributed by atoms with Crippen molar-refractivity contribution < 1.29 is 28.7 Å². The van der Waals surface area contributed by atoms with E-state index in [9.17, 15) is 4.57 Å². The van der Waals surface area contributed by atoms with E-state index in [2.05, 4.69) is 11.6 Å². The molecule has 0 radical (unpaired) electrons. The fraction of sp³-hybridized carbons (Fsp3) is 1.00. The van der Waals surface area contributed by atoms with Crippen molar-refractivity contribution in [2.75, 3.05) is 0 Å². The van der Waals surface area contributed by atoms with Crippen molar-refractivity contribution in [1.29, 1.82) is 0 Å². The Balaban J connectivity index is 0. The molecule has 0 aromatic rings. The van der Waals surface area contributed by atoms with Crippen LogP contribution in [0, 0.1) is 0 Å². The number of hydrogen-bond acceptors (Lipinski definition) is 4. The minimum atomic E-state index is -4.65. The molecule has 0 fully saturated rings. The molecule has 0 saturated heterocycles. The summed E-state index contributed by atoms with van der Waals surface area (Å²) >= 11 is 0. The Morgan fingerprint density at radius 1 is 0.917 bits per heavy atom. The second-order valence-electron chi connectivity index (χ2n) is 6.94. The fourth-order valence-corrected chi connectivity index (χ4v) is 2.45. The van der Waals surface area contributed by atoms with Crippen LogP contribution in [0.2, 0.25) is 0 Å². The van der Waals surface area contributed by atoms with Gasteiger partial charge in [-0.2, -0.15) is 4.89 Å². The van der Waals surface area contributed by atoms with Gasteiger partial charge in [-0.05, 0) is 27.2 Å².